The van der Waals surface area contributed by atoms with Gasteiger partial charge in [-0.2, -0.15) is 0 Å². The maximum atomic E-state index is 12.4. The Morgan fingerprint density at radius 3 is 2.68 bits per heavy atom. The number of nitrogens with one attached hydrogen (secondary N) is 1. The van der Waals surface area contributed by atoms with Gasteiger partial charge in [-0.3, -0.25) is 9.69 Å². The van der Waals surface area contributed by atoms with Gasteiger partial charge in [0.2, 0.25) is 5.91 Å². The van der Waals surface area contributed by atoms with Crippen LogP contribution in [0.25, 0.3) is 0 Å². The van der Waals surface area contributed by atoms with Gasteiger partial charge in [-0.05, 0) is 23.3 Å². The van der Waals surface area contributed by atoms with E-state index < -0.39 is 0 Å². The molecule has 0 atom stereocenters. The molecule has 2 aromatic carbocycles. The summed E-state index contributed by atoms with van der Waals surface area (Å²) in [7, 11) is 1.63. The fraction of sp³-hybridized carbons (Fsp3) is 0.273. The second-order valence-corrected chi connectivity index (χ2v) is 7.99. The molecule has 0 aliphatic carbocycles. The van der Waals surface area contributed by atoms with E-state index in [4.69, 9.17) is 4.74 Å². The summed E-state index contributed by atoms with van der Waals surface area (Å²) in [6.45, 7) is 2.82. The van der Waals surface area contributed by atoms with Crippen molar-refractivity contribution in [2.24, 2.45) is 0 Å². The molecule has 28 heavy (non-hydrogen) atoms. The zero-order chi connectivity index (χ0) is 19.3. The Balaban J connectivity index is 1.35. The summed E-state index contributed by atoms with van der Waals surface area (Å²) >= 11 is 1.59. The zero-order valence-corrected chi connectivity index (χ0v) is 16.7. The lowest BCUT2D eigenvalue weighted by Gasteiger charge is -2.25. The Hall–Kier alpha value is -2.70. The van der Waals surface area contributed by atoms with Gasteiger partial charge >= 0.3 is 0 Å². The number of benzene rings is 2. The van der Waals surface area contributed by atoms with E-state index in [0.29, 0.717) is 11.6 Å². The van der Waals surface area contributed by atoms with Crippen LogP contribution in [0.4, 0.5) is 5.13 Å². The van der Waals surface area contributed by atoms with Crippen LogP contribution in [0.3, 0.4) is 0 Å². The third-order valence-electron chi connectivity index (χ3n) is 4.83. The van der Waals surface area contributed by atoms with Crippen molar-refractivity contribution in [3.05, 3.63) is 76.3 Å². The van der Waals surface area contributed by atoms with E-state index in [0.717, 1.165) is 43.1 Å². The molecular formula is C22H23N3O2S. The number of anilines is 1. The molecule has 0 spiro atoms. The van der Waals surface area contributed by atoms with Crippen LogP contribution in [0.1, 0.15) is 21.7 Å². The van der Waals surface area contributed by atoms with Gasteiger partial charge in [0.1, 0.15) is 5.75 Å². The molecule has 1 N–H and O–H groups in total. The topological polar surface area (TPSA) is 54.5 Å². The van der Waals surface area contributed by atoms with E-state index in [1.807, 2.05) is 30.3 Å². The molecule has 0 unspecified atom stereocenters. The van der Waals surface area contributed by atoms with Crippen LogP contribution in [0.15, 0.2) is 54.6 Å². The normalized spacial score (nSPS) is 13.8. The van der Waals surface area contributed by atoms with Crippen LogP contribution in [0, 0.1) is 0 Å². The van der Waals surface area contributed by atoms with Crippen molar-refractivity contribution in [3.63, 3.8) is 0 Å². The van der Waals surface area contributed by atoms with Gasteiger partial charge in [0.15, 0.2) is 5.13 Å². The first-order valence-electron chi connectivity index (χ1n) is 9.37. The Morgan fingerprint density at radius 2 is 1.93 bits per heavy atom. The van der Waals surface area contributed by atoms with Gasteiger partial charge in [0.25, 0.3) is 0 Å². The van der Waals surface area contributed by atoms with Gasteiger partial charge in [0.05, 0.1) is 19.2 Å². The van der Waals surface area contributed by atoms with Crippen molar-refractivity contribution >= 4 is 22.4 Å². The number of thiazole rings is 1. The summed E-state index contributed by atoms with van der Waals surface area (Å²) in [6.07, 6.45) is 1.25. The molecule has 1 aliphatic rings. The van der Waals surface area contributed by atoms with Crippen LogP contribution >= 0.6 is 11.3 Å². The third-order valence-corrected chi connectivity index (χ3v) is 5.83. The average molecular weight is 394 g/mol. The van der Waals surface area contributed by atoms with Crippen molar-refractivity contribution in [2.75, 3.05) is 19.0 Å². The highest BCUT2D eigenvalue weighted by Crippen LogP contribution is 2.29. The van der Waals surface area contributed by atoms with E-state index in [9.17, 15) is 4.79 Å². The largest absolute Gasteiger partial charge is 0.497 e. The number of ether oxygens (including phenoxy) is 1. The van der Waals surface area contributed by atoms with E-state index in [2.05, 4.69) is 39.5 Å². The molecular weight excluding hydrogens is 370 g/mol. The Labute approximate surface area is 169 Å². The van der Waals surface area contributed by atoms with E-state index in [1.165, 1.54) is 10.4 Å². The van der Waals surface area contributed by atoms with Gasteiger partial charge in [-0.25, -0.2) is 4.98 Å². The number of carbonyl (C=O) groups excluding carboxylic acids is 1. The molecule has 0 fully saturated rings. The van der Waals surface area contributed by atoms with Crippen LogP contribution in [0.5, 0.6) is 5.75 Å². The second-order valence-electron chi connectivity index (χ2n) is 6.91. The predicted octanol–water partition coefficient (Wildman–Crippen LogP) is 3.89. The lowest BCUT2D eigenvalue weighted by atomic mass is 10.1. The molecule has 144 valence electrons. The summed E-state index contributed by atoms with van der Waals surface area (Å²) in [6, 6.07) is 18.1. The lowest BCUT2D eigenvalue weighted by Crippen LogP contribution is -2.29. The first kappa shape index (κ1) is 18.7. The van der Waals surface area contributed by atoms with E-state index >= 15 is 0 Å². The molecule has 2 heterocycles. The highest BCUT2D eigenvalue weighted by atomic mass is 32.1. The number of methoxy groups -OCH3 is 1. The maximum Gasteiger partial charge on any atom is 0.230 e. The highest BCUT2D eigenvalue weighted by molar-refractivity contribution is 7.15. The van der Waals surface area contributed by atoms with Crippen molar-refractivity contribution in [3.8, 4) is 5.75 Å². The number of fused-ring (bicyclic) bond motifs is 1. The van der Waals surface area contributed by atoms with E-state index in [1.54, 1.807) is 18.4 Å². The SMILES string of the molecule is COc1ccc(CC(=O)Nc2nc3c(s2)CN(Cc2ccccc2)CC3)cc1. The van der Waals surface area contributed by atoms with Crippen LogP contribution in [0.2, 0.25) is 0 Å². The molecule has 0 saturated carbocycles. The van der Waals surface area contributed by atoms with E-state index in [-0.39, 0.29) is 5.91 Å². The molecule has 3 aromatic rings. The number of nitrogens with zero attached hydrogens (tertiary/aromatic N) is 2. The quantitative estimate of drug-likeness (QED) is 0.690. The summed E-state index contributed by atoms with van der Waals surface area (Å²) in [5.74, 6) is 0.745. The Morgan fingerprint density at radius 1 is 1.14 bits per heavy atom. The molecule has 4 rings (SSSR count). The minimum atomic E-state index is -0.0441. The van der Waals surface area contributed by atoms with Crippen LogP contribution in [-0.4, -0.2) is 29.4 Å². The molecule has 0 bridgehead atoms. The molecule has 1 aliphatic heterocycles. The summed E-state index contributed by atoms with van der Waals surface area (Å²) in [4.78, 5) is 20.7. The molecule has 1 aromatic heterocycles. The number of aromatic nitrogens is 1. The summed E-state index contributed by atoms with van der Waals surface area (Å²) < 4.78 is 5.15. The standard InChI is InChI=1S/C22H23N3O2S/c1-27-18-9-7-16(8-10-18)13-21(26)24-22-23-19-11-12-25(15-20(19)28-22)14-17-5-3-2-4-6-17/h2-10H,11-15H2,1H3,(H,23,24,26). The summed E-state index contributed by atoms with van der Waals surface area (Å²) in [5, 5.41) is 3.66. The third kappa shape index (κ3) is 4.58. The monoisotopic (exact) mass is 393 g/mol. The first-order chi connectivity index (χ1) is 13.7. The minimum Gasteiger partial charge on any atom is -0.497 e. The van der Waals surface area contributed by atoms with Gasteiger partial charge in [-0.1, -0.05) is 42.5 Å². The van der Waals surface area contributed by atoms with Gasteiger partial charge < -0.3 is 10.1 Å². The van der Waals surface area contributed by atoms with Crippen LogP contribution < -0.4 is 10.1 Å². The number of carbonyl (C=O) groups is 1. The Bertz CT molecular complexity index is 938. The van der Waals surface area contributed by atoms with Crippen molar-refractivity contribution in [2.45, 2.75) is 25.9 Å². The predicted molar refractivity (Wildman–Crippen MR) is 112 cm³/mol. The fourth-order valence-corrected chi connectivity index (χ4v) is 4.44. The first-order valence-corrected chi connectivity index (χ1v) is 10.2. The van der Waals surface area contributed by atoms with Crippen molar-refractivity contribution < 1.29 is 9.53 Å². The van der Waals surface area contributed by atoms with Crippen LogP contribution in [-0.2, 0) is 30.7 Å². The maximum absolute atomic E-state index is 12.4. The molecule has 1 amide bonds. The average Bonchev–Trinajstić information content (AvgIpc) is 3.10. The second kappa shape index (κ2) is 8.54. The number of hydrogen-bond acceptors (Lipinski definition) is 5. The molecule has 0 saturated heterocycles. The number of rotatable bonds is 6. The van der Waals surface area contributed by atoms with Gasteiger partial charge in [0, 0.05) is 30.9 Å². The zero-order valence-electron chi connectivity index (χ0n) is 15.9. The van der Waals surface area contributed by atoms with Crippen molar-refractivity contribution in [1.29, 1.82) is 0 Å². The fourth-order valence-electron chi connectivity index (χ4n) is 3.37. The van der Waals surface area contributed by atoms with Gasteiger partial charge in [-0.15, -0.1) is 11.3 Å². The molecule has 6 heteroatoms. The minimum absolute atomic E-state index is 0.0441. The number of hydrogen-bond donors (Lipinski definition) is 1. The summed E-state index contributed by atoms with van der Waals surface area (Å²) in [5.41, 5.74) is 3.39. The number of amides is 1. The smallest absolute Gasteiger partial charge is 0.230 e. The lowest BCUT2D eigenvalue weighted by molar-refractivity contribution is -0.115. The molecule has 5 nitrogen and oxygen atoms in total. The van der Waals surface area contributed by atoms with Crippen molar-refractivity contribution in [1.82, 2.24) is 9.88 Å². The molecule has 0 radical (unpaired) electrons. The highest BCUT2D eigenvalue weighted by Gasteiger charge is 2.21. The Kier molecular flexibility index (Phi) is 5.69.